The molecule has 0 spiro atoms. The lowest BCUT2D eigenvalue weighted by Gasteiger charge is -2.41. The van der Waals surface area contributed by atoms with Crippen LogP contribution < -0.4 is 4.90 Å². The molecule has 3 heterocycles. The van der Waals surface area contributed by atoms with Gasteiger partial charge in [-0.05, 0) is 33.0 Å². The third-order valence-electron chi connectivity index (χ3n) is 5.39. The van der Waals surface area contributed by atoms with E-state index in [0.29, 0.717) is 0 Å². The van der Waals surface area contributed by atoms with Gasteiger partial charge in [-0.25, -0.2) is 9.97 Å². The monoisotopic (exact) mass is 396 g/mol. The Morgan fingerprint density at radius 3 is 2.71 bits per heavy atom. The summed E-state index contributed by atoms with van der Waals surface area (Å²) in [6.45, 7) is 7.55. The summed E-state index contributed by atoms with van der Waals surface area (Å²) in [5.74, 6) is 1.92. The zero-order chi connectivity index (χ0) is 19.7. The van der Waals surface area contributed by atoms with E-state index in [1.165, 1.54) is 16.5 Å². The van der Waals surface area contributed by atoms with Crippen LogP contribution in [0.25, 0.3) is 21.3 Å². The highest BCUT2D eigenvalue weighted by Crippen LogP contribution is 2.39. The minimum atomic E-state index is -0.139. The van der Waals surface area contributed by atoms with Crippen molar-refractivity contribution >= 4 is 27.4 Å². The number of aromatic nitrogens is 2. The van der Waals surface area contributed by atoms with Crippen molar-refractivity contribution < 1.29 is 4.74 Å². The maximum atomic E-state index is 6.08. The van der Waals surface area contributed by atoms with E-state index in [1.54, 1.807) is 11.3 Å². The predicted octanol–water partition coefficient (Wildman–Crippen LogP) is 4.43. The van der Waals surface area contributed by atoms with Gasteiger partial charge in [0, 0.05) is 24.0 Å². The van der Waals surface area contributed by atoms with Crippen LogP contribution in [0, 0.1) is 0 Å². The van der Waals surface area contributed by atoms with Gasteiger partial charge in [-0.1, -0.05) is 37.3 Å². The Kier molecular flexibility index (Phi) is 5.36. The molecular weight excluding hydrogens is 368 g/mol. The molecule has 1 aromatic carbocycles. The second-order valence-electron chi connectivity index (χ2n) is 7.97. The summed E-state index contributed by atoms with van der Waals surface area (Å²) in [7, 11) is 4.11. The number of morpholine rings is 1. The molecule has 1 fully saturated rings. The molecule has 1 atom stereocenters. The normalized spacial score (nSPS) is 20.2. The molecule has 0 N–H and O–H groups in total. The minimum absolute atomic E-state index is 0.139. The smallest absolute Gasteiger partial charge is 0.146 e. The molecule has 0 bridgehead atoms. The van der Waals surface area contributed by atoms with Crippen LogP contribution in [0.5, 0.6) is 0 Å². The molecule has 28 heavy (non-hydrogen) atoms. The first-order valence-electron chi connectivity index (χ1n) is 9.86. The zero-order valence-electron chi connectivity index (χ0n) is 17.1. The summed E-state index contributed by atoms with van der Waals surface area (Å²) < 4.78 is 6.08. The maximum Gasteiger partial charge on any atom is 0.146 e. The van der Waals surface area contributed by atoms with Gasteiger partial charge in [-0.15, -0.1) is 11.3 Å². The van der Waals surface area contributed by atoms with Crippen molar-refractivity contribution in [3.63, 3.8) is 0 Å². The van der Waals surface area contributed by atoms with Crippen LogP contribution in [0.4, 0.5) is 5.82 Å². The highest BCUT2D eigenvalue weighted by molar-refractivity contribution is 7.17. The van der Waals surface area contributed by atoms with Crippen molar-refractivity contribution in [3.8, 4) is 11.1 Å². The van der Waals surface area contributed by atoms with Gasteiger partial charge in [-0.3, -0.25) is 0 Å². The molecule has 0 radical (unpaired) electrons. The lowest BCUT2D eigenvalue weighted by atomic mass is 10.00. The molecule has 0 amide bonds. The van der Waals surface area contributed by atoms with Gasteiger partial charge in [0.1, 0.15) is 16.5 Å². The number of anilines is 1. The Balaban J connectivity index is 1.87. The number of rotatable bonds is 5. The van der Waals surface area contributed by atoms with E-state index in [-0.39, 0.29) is 5.60 Å². The Morgan fingerprint density at radius 2 is 2.00 bits per heavy atom. The van der Waals surface area contributed by atoms with Crippen molar-refractivity contribution in [1.82, 2.24) is 14.9 Å². The standard InChI is InChI=1S/C22H28N4OS/c1-5-22(2)15-26(11-12-27-22)20-19-17(16-9-7-6-8-10-16)14-28-21(19)24-18(23-20)13-25(3)4/h6-10,14H,5,11-13,15H2,1-4H3. The van der Waals surface area contributed by atoms with Gasteiger partial charge in [0.2, 0.25) is 0 Å². The fraction of sp³-hybridized carbons (Fsp3) is 0.455. The molecule has 6 heteroatoms. The molecular formula is C22H28N4OS. The summed E-state index contributed by atoms with van der Waals surface area (Å²) in [6, 6.07) is 10.5. The largest absolute Gasteiger partial charge is 0.372 e. The molecule has 4 rings (SSSR count). The Hall–Kier alpha value is -2.02. The molecule has 0 saturated carbocycles. The molecule has 0 aliphatic carbocycles. The predicted molar refractivity (Wildman–Crippen MR) is 117 cm³/mol. The van der Waals surface area contributed by atoms with Crippen molar-refractivity contribution in [2.75, 3.05) is 38.7 Å². The lowest BCUT2D eigenvalue weighted by molar-refractivity contribution is -0.0442. The zero-order valence-corrected chi connectivity index (χ0v) is 17.9. The van der Waals surface area contributed by atoms with E-state index in [1.807, 2.05) is 0 Å². The van der Waals surface area contributed by atoms with Gasteiger partial charge in [0.15, 0.2) is 0 Å². The number of benzene rings is 1. The number of nitrogens with zero attached hydrogens (tertiary/aromatic N) is 4. The van der Waals surface area contributed by atoms with Gasteiger partial charge in [0.25, 0.3) is 0 Å². The van der Waals surface area contributed by atoms with Gasteiger partial charge in [0.05, 0.1) is 24.1 Å². The van der Waals surface area contributed by atoms with E-state index >= 15 is 0 Å². The van der Waals surface area contributed by atoms with Crippen molar-refractivity contribution in [2.45, 2.75) is 32.4 Å². The Labute approximate surface area is 171 Å². The molecule has 1 aliphatic heterocycles. The highest BCUT2D eigenvalue weighted by atomic mass is 32.1. The molecule has 2 aromatic heterocycles. The number of thiophene rings is 1. The summed E-state index contributed by atoms with van der Waals surface area (Å²) in [5, 5.41) is 3.39. The fourth-order valence-electron chi connectivity index (χ4n) is 3.70. The van der Waals surface area contributed by atoms with E-state index < -0.39 is 0 Å². The van der Waals surface area contributed by atoms with Crippen LogP contribution in [0.3, 0.4) is 0 Å². The van der Waals surface area contributed by atoms with Crippen LogP contribution in [0.1, 0.15) is 26.1 Å². The number of hydrogen-bond donors (Lipinski definition) is 0. The fourth-order valence-corrected chi connectivity index (χ4v) is 4.66. The lowest BCUT2D eigenvalue weighted by Crippen LogP contribution is -2.50. The van der Waals surface area contributed by atoms with E-state index in [4.69, 9.17) is 14.7 Å². The highest BCUT2D eigenvalue weighted by Gasteiger charge is 2.32. The summed E-state index contributed by atoms with van der Waals surface area (Å²) in [4.78, 5) is 15.5. The second kappa shape index (κ2) is 7.78. The molecule has 1 aliphatic rings. The minimum Gasteiger partial charge on any atom is -0.372 e. The van der Waals surface area contributed by atoms with E-state index in [0.717, 1.165) is 49.1 Å². The molecule has 1 saturated heterocycles. The number of ether oxygens (including phenoxy) is 1. The van der Waals surface area contributed by atoms with Crippen molar-refractivity contribution in [3.05, 3.63) is 41.5 Å². The van der Waals surface area contributed by atoms with E-state index in [9.17, 15) is 0 Å². The van der Waals surface area contributed by atoms with Crippen molar-refractivity contribution in [1.29, 1.82) is 0 Å². The third-order valence-corrected chi connectivity index (χ3v) is 6.26. The van der Waals surface area contributed by atoms with E-state index in [2.05, 4.69) is 73.5 Å². The molecule has 3 aromatic rings. The Bertz CT molecular complexity index is 956. The number of fused-ring (bicyclic) bond motifs is 1. The topological polar surface area (TPSA) is 41.5 Å². The SMILES string of the molecule is CCC1(C)CN(c2nc(CN(C)C)nc3scc(-c4ccccc4)c23)CCO1. The first kappa shape index (κ1) is 19.3. The second-order valence-corrected chi connectivity index (χ2v) is 8.83. The third kappa shape index (κ3) is 3.77. The van der Waals surface area contributed by atoms with Crippen LogP contribution >= 0.6 is 11.3 Å². The molecule has 148 valence electrons. The van der Waals surface area contributed by atoms with Crippen molar-refractivity contribution in [2.24, 2.45) is 0 Å². The summed E-state index contributed by atoms with van der Waals surface area (Å²) in [6.07, 6.45) is 0.984. The average molecular weight is 397 g/mol. The first-order chi connectivity index (χ1) is 13.5. The van der Waals surface area contributed by atoms with Gasteiger partial charge < -0.3 is 14.5 Å². The Morgan fingerprint density at radius 1 is 1.21 bits per heavy atom. The quantitative estimate of drug-likeness (QED) is 0.638. The van der Waals surface area contributed by atoms with Crippen LogP contribution in [-0.4, -0.2) is 54.3 Å². The average Bonchev–Trinajstić information content (AvgIpc) is 3.11. The van der Waals surface area contributed by atoms with Gasteiger partial charge >= 0.3 is 0 Å². The van der Waals surface area contributed by atoms with Crippen LogP contribution in [-0.2, 0) is 11.3 Å². The maximum absolute atomic E-state index is 6.08. The molecule has 1 unspecified atom stereocenters. The van der Waals surface area contributed by atoms with Gasteiger partial charge in [-0.2, -0.15) is 0 Å². The molecule has 5 nitrogen and oxygen atoms in total. The van der Waals surface area contributed by atoms with Crippen LogP contribution in [0.2, 0.25) is 0 Å². The summed E-state index contributed by atoms with van der Waals surface area (Å²) in [5.41, 5.74) is 2.29. The number of hydrogen-bond acceptors (Lipinski definition) is 6. The summed E-state index contributed by atoms with van der Waals surface area (Å²) >= 11 is 1.71. The first-order valence-corrected chi connectivity index (χ1v) is 10.7. The van der Waals surface area contributed by atoms with Crippen LogP contribution in [0.15, 0.2) is 35.7 Å².